The van der Waals surface area contributed by atoms with Crippen LogP contribution in [-0.4, -0.2) is 37.0 Å². The maximum atomic E-state index is 11.9. The Labute approximate surface area is 108 Å². The zero-order valence-electron chi connectivity index (χ0n) is 10.9. The summed E-state index contributed by atoms with van der Waals surface area (Å²) in [4.78, 5) is 14.2. The van der Waals surface area contributed by atoms with E-state index >= 15 is 0 Å². The van der Waals surface area contributed by atoms with Crippen LogP contribution in [0.15, 0.2) is 24.3 Å². The van der Waals surface area contributed by atoms with E-state index in [-0.39, 0.29) is 5.91 Å². The van der Waals surface area contributed by atoms with Gasteiger partial charge < -0.3 is 16.0 Å². The minimum atomic E-state index is 0.106. The normalized spacial score (nSPS) is 17.6. The van der Waals surface area contributed by atoms with Crippen molar-refractivity contribution in [1.29, 1.82) is 0 Å². The fourth-order valence-electron chi connectivity index (χ4n) is 2.25. The first-order valence-electron chi connectivity index (χ1n) is 6.46. The number of hydrogen-bond donors (Lipinski definition) is 2. The second-order valence-corrected chi connectivity index (χ2v) is 5.06. The molecule has 0 unspecified atom stereocenters. The van der Waals surface area contributed by atoms with Crippen LogP contribution < -0.4 is 11.1 Å². The Morgan fingerprint density at radius 2 is 1.94 bits per heavy atom. The van der Waals surface area contributed by atoms with Gasteiger partial charge in [-0.2, -0.15) is 0 Å². The number of carbonyl (C=O) groups excluding carboxylic acids is 1. The van der Waals surface area contributed by atoms with Crippen LogP contribution in [0.3, 0.4) is 0 Å². The Kier molecular flexibility index (Phi) is 4.20. The molecule has 1 aromatic rings. The minimum absolute atomic E-state index is 0.106. The maximum Gasteiger partial charge on any atom is 0.224 e. The monoisotopic (exact) mass is 247 g/mol. The molecule has 2 rings (SSSR count). The highest BCUT2D eigenvalue weighted by Gasteiger charge is 2.18. The molecule has 0 atom stereocenters. The van der Waals surface area contributed by atoms with E-state index in [0.29, 0.717) is 12.5 Å². The molecule has 1 amide bonds. The lowest BCUT2D eigenvalue weighted by Crippen LogP contribution is -2.43. The summed E-state index contributed by atoms with van der Waals surface area (Å²) in [5.41, 5.74) is 7.35. The summed E-state index contributed by atoms with van der Waals surface area (Å²) < 4.78 is 0. The number of benzene rings is 1. The highest BCUT2D eigenvalue weighted by atomic mass is 16.1. The van der Waals surface area contributed by atoms with Crippen molar-refractivity contribution in [3.05, 3.63) is 29.8 Å². The third-order valence-electron chi connectivity index (χ3n) is 3.43. The third-order valence-corrected chi connectivity index (χ3v) is 3.43. The van der Waals surface area contributed by atoms with E-state index in [1.54, 1.807) is 0 Å². The van der Waals surface area contributed by atoms with Gasteiger partial charge in [0.05, 0.1) is 6.42 Å². The van der Waals surface area contributed by atoms with Gasteiger partial charge in [-0.3, -0.25) is 4.79 Å². The van der Waals surface area contributed by atoms with Crippen LogP contribution in [0.25, 0.3) is 0 Å². The van der Waals surface area contributed by atoms with Gasteiger partial charge in [0, 0.05) is 11.7 Å². The van der Waals surface area contributed by atoms with Crippen LogP contribution in [-0.2, 0) is 11.2 Å². The molecule has 0 aliphatic carbocycles. The molecule has 3 N–H and O–H groups in total. The van der Waals surface area contributed by atoms with Crippen LogP contribution in [0.4, 0.5) is 5.69 Å². The van der Waals surface area contributed by atoms with E-state index < -0.39 is 0 Å². The first kappa shape index (κ1) is 12.9. The van der Waals surface area contributed by atoms with Gasteiger partial charge in [0.2, 0.25) is 5.91 Å². The smallest absolute Gasteiger partial charge is 0.224 e. The minimum Gasteiger partial charge on any atom is -0.399 e. The number of rotatable bonds is 3. The zero-order valence-corrected chi connectivity index (χ0v) is 10.9. The maximum absolute atomic E-state index is 11.9. The van der Waals surface area contributed by atoms with Crippen LogP contribution in [0.5, 0.6) is 0 Å². The van der Waals surface area contributed by atoms with Gasteiger partial charge >= 0.3 is 0 Å². The lowest BCUT2D eigenvalue weighted by molar-refractivity contribution is -0.121. The molecule has 1 aliphatic rings. The van der Waals surface area contributed by atoms with Crippen LogP contribution >= 0.6 is 0 Å². The Morgan fingerprint density at radius 3 is 2.56 bits per heavy atom. The topological polar surface area (TPSA) is 58.4 Å². The molecule has 0 aromatic heterocycles. The highest BCUT2D eigenvalue weighted by Crippen LogP contribution is 2.09. The summed E-state index contributed by atoms with van der Waals surface area (Å²) in [6.07, 6.45) is 2.53. The third kappa shape index (κ3) is 3.74. The zero-order chi connectivity index (χ0) is 13.0. The van der Waals surface area contributed by atoms with Gasteiger partial charge in [-0.1, -0.05) is 12.1 Å². The Hall–Kier alpha value is -1.55. The first-order valence-corrected chi connectivity index (χ1v) is 6.46. The number of nitrogen functional groups attached to an aromatic ring is 1. The quantitative estimate of drug-likeness (QED) is 0.784. The molecule has 0 spiro atoms. The number of hydrogen-bond acceptors (Lipinski definition) is 3. The molecular weight excluding hydrogens is 226 g/mol. The highest BCUT2D eigenvalue weighted by molar-refractivity contribution is 5.79. The number of anilines is 1. The second-order valence-electron chi connectivity index (χ2n) is 5.06. The van der Waals surface area contributed by atoms with Crippen molar-refractivity contribution in [2.45, 2.75) is 25.3 Å². The molecular formula is C14H21N3O. The largest absolute Gasteiger partial charge is 0.399 e. The van der Waals surface area contributed by atoms with E-state index in [4.69, 9.17) is 5.73 Å². The van der Waals surface area contributed by atoms with Gasteiger partial charge in [0.15, 0.2) is 0 Å². The fourth-order valence-corrected chi connectivity index (χ4v) is 2.25. The summed E-state index contributed by atoms with van der Waals surface area (Å²) >= 11 is 0. The molecule has 0 saturated carbocycles. The van der Waals surface area contributed by atoms with Gasteiger partial charge in [0.25, 0.3) is 0 Å². The molecule has 1 heterocycles. The van der Waals surface area contributed by atoms with Crippen molar-refractivity contribution in [1.82, 2.24) is 10.2 Å². The number of likely N-dealkylation sites (tertiary alicyclic amines) is 1. The summed E-state index contributed by atoms with van der Waals surface area (Å²) in [5, 5.41) is 3.11. The van der Waals surface area contributed by atoms with Gasteiger partial charge in [-0.15, -0.1) is 0 Å². The standard InChI is InChI=1S/C14H21N3O/c1-17-8-6-13(7-9-17)16-14(18)10-11-2-4-12(15)5-3-11/h2-5,13H,6-10,15H2,1H3,(H,16,18). The molecule has 0 radical (unpaired) electrons. The summed E-state index contributed by atoms with van der Waals surface area (Å²) in [5.74, 6) is 0.106. The van der Waals surface area contributed by atoms with Crippen molar-refractivity contribution in [3.8, 4) is 0 Å². The van der Waals surface area contributed by atoms with E-state index in [2.05, 4.69) is 17.3 Å². The Morgan fingerprint density at radius 1 is 1.33 bits per heavy atom. The number of nitrogens with one attached hydrogen (secondary N) is 1. The lowest BCUT2D eigenvalue weighted by Gasteiger charge is -2.29. The molecule has 1 fully saturated rings. The average Bonchev–Trinajstić information content (AvgIpc) is 2.35. The predicted molar refractivity (Wildman–Crippen MR) is 73.2 cm³/mol. The van der Waals surface area contributed by atoms with Crippen molar-refractivity contribution < 1.29 is 4.79 Å². The molecule has 1 aromatic carbocycles. The molecule has 1 saturated heterocycles. The van der Waals surface area contributed by atoms with Crippen LogP contribution in [0.1, 0.15) is 18.4 Å². The first-order chi connectivity index (χ1) is 8.63. The molecule has 4 heteroatoms. The molecule has 98 valence electrons. The van der Waals surface area contributed by atoms with E-state index in [9.17, 15) is 4.79 Å². The van der Waals surface area contributed by atoms with E-state index in [1.165, 1.54) is 0 Å². The fraction of sp³-hybridized carbons (Fsp3) is 0.500. The molecule has 1 aliphatic heterocycles. The van der Waals surface area contributed by atoms with Crippen LogP contribution in [0, 0.1) is 0 Å². The van der Waals surface area contributed by atoms with Crippen molar-refractivity contribution in [3.63, 3.8) is 0 Å². The molecule has 0 bridgehead atoms. The number of piperidine rings is 1. The summed E-state index contributed by atoms with van der Waals surface area (Å²) in [6.45, 7) is 2.12. The van der Waals surface area contributed by atoms with Crippen LogP contribution in [0.2, 0.25) is 0 Å². The van der Waals surface area contributed by atoms with Crippen molar-refractivity contribution in [2.24, 2.45) is 0 Å². The Bertz CT molecular complexity index is 394. The van der Waals surface area contributed by atoms with Crippen molar-refractivity contribution in [2.75, 3.05) is 25.9 Å². The lowest BCUT2D eigenvalue weighted by atomic mass is 10.0. The number of carbonyl (C=O) groups is 1. The SMILES string of the molecule is CN1CCC(NC(=O)Cc2ccc(N)cc2)CC1. The van der Waals surface area contributed by atoms with Gasteiger partial charge in [-0.05, 0) is 50.7 Å². The second kappa shape index (κ2) is 5.87. The predicted octanol–water partition coefficient (Wildman–Crippen LogP) is 1.02. The number of amides is 1. The van der Waals surface area contributed by atoms with Crippen molar-refractivity contribution >= 4 is 11.6 Å². The molecule has 18 heavy (non-hydrogen) atoms. The summed E-state index contributed by atoms with van der Waals surface area (Å²) in [6, 6.07) is 7.81. The van der Waals surface area contributed by atoms with E-state index in [0.717, 1.165) is 37.2 Å². The van der Waals surface area contributed by atoms with Gasteiger partial charge in [0.1, 0.15) is 0 Å². The average molecular weight is 247 g/mol. The molecule has 4 nitrogen and oxygen atoms in total. The Balaban J connectivity index is 1.80. The van der Waals surface area contributed by atoms with Gasteiger partial charge in [-0.25, -0.2) is 0 Å². The number of nitrogens with two attached hydrogens (primary N) is 1. The van der Waals surface area contributed by atoms with E-state index in [1.807, 2.05) is 24.3 Å². The summed E-state index contributed by atoms with van der Waals surface area (Å²) in [7, 11) is 2.12. The number of nitrogens with zero attached hydrogens (tertiary/aromatic N) is 1.